The molecule has 0 saturated carbocycles. The second kappa shape index (κ2) is 14.1. The molecule has 6 heteroatoms. The van der Waals surface area contributed by atoms with Crippen molar-refractivity contribution in [2.75, 3.05) is 0 Å². The minimum absolute atomic E-state index is 0.861. The Morgan fingerprint density at radius 2 is 0.540 bits per heavy atom. The van der Waals surface area contributed by atoms with E-state index in [0.717, 1.165) is 89.4 Å². The van der Waals surface area contributed by atoms with Gasteiger partial charge in [0, 0.05) is 0 Å². The van der Waals surface area contributed by atoms with E-state index >= 15 is 0 Å². The molecule has 0 atom stereocenters. The Hall–Kier alpha value is -5.53. The fraction of sp³-hybridized carbons (Fsp3) is 0. The maximum absolute atomic E-state index is 5.31. The van der Waals surface area contributed by atoms with E-state index in [9.17, 15) is 0 Å². The Kier molecular flexibility index (Phi) is 8.97. The molecule has 50 heavy (non-hydrogen) atoms. The molecule has 0 saturated heterocycles. The third-order valence-corrected chi connectivity index (χ3v) is 8.86. The van der Waals surface area contributed by atoms with Crippen molar-refractivity contribution < 1.29 is 13.9 Å². The average molecular weight is 752 g/mol. The van der Waals surface area contributed by atoms with Crippen molar-refractivity contribution in [2.45, 2.75) is 0 Å². The normalized spacial score (nSPS) is 11.6. The van der Waals surface area contributed by atoms with Gasteiger partial charge in [-0.15, -0.1) is 22.1 Å². The van der Waals surface area contributed by atoms with Crippen LogP contribution in [0.3, 0.4) is 0 Å². The molecule has 4 nitrogen and oxygen atoms in total. The van der Waals surface area contributed by atoms with E-state index in [-0.39, 0.29) is 0 Å². The molecular formula is C44H28BrCoN4. The first kappa shape index (κ1) is 31.7. The Bertz CT molecular complexity index is 2190. The molecule has 0 radical (unpaired) electrons. The zero-order valence-electron chi connectivity index (χ0n) is 26.7. The van der Waals surface area contributed by atoms with Crippen LogP contribution in [0.25, 0.3) is 90.9 Å². The summed E-state index contributed by atoms with van der Waals surface area (Å²) in [5.41, 5.74) is 15.0. The Morgan fingerprint density at radius 3 is 0.760 bits per heavy atom. The van der Waals surface area contributed by atoms with E-state index in [4.69, 9.17) is 19.9 Å². The summed E-state index contributed by atoms with van der Waals surface area (Å²) in [5.74, 6) is 0. The number of hydrogen-bond acceptors (Lipinski definition) is 2. The van der Waals surface area contributed by atoms with Crippen LogP contribution >= 0.6 is 14.2 Å². The number of nitrogens with zero attached hydrogens (tertiary/aromatic N) is 4. The average Bonchev–Trinajstić information content (AvgIpc) is 4.02. The van der Waals surface area contributed by atoms with Gasteiger partial charge in [-0.3, -0.25) is 0 Å². The summed E-state index contributed by atoms with van der Waals surface area (Å²) in [6.45, 7) is 0. The van der Waals surface area contributed by atoms with Crippen LogP contribution in [0.15, 0.2) is 146 Å². The molecule has 240 valence electrons. The van der Waals surface area contributed by atoms with E-state index in [1.54, 1.807) is 0 Å². The van der Waals surface area contributed by atoms with Gasteiger partial charge in [-0.25, -0.2) is 9.97 Å². The Balaban J connectivity index is 0.00000177. The molecule has 0 fully saturated rings. The molecule has 9 rings (SSSR count). The van der Waals surface area contributed by atoms with E-state index in [2.05, 4.69) is 174 Å². The topological polar surface area (TPSA) is 54.0 Å². The van der Waals surface area contributed by atoms with Gasteiger partial charge in [0.15, 0.2) is 0 Å². The second-order valence-electron chi connectivity index (χ2n) is 11.8. The fourth-order valence-electron chi connectivity index (χ4n) is 6.69. The van der Waals surface area contributed by atoms with Crippen molar-refractivity contribution >= 4 is 60.5 Å². The van der Waals surface area contributed by atoms with Crippen LogP contribution in [0.5, 0.6) is 0 Å². The van der Waals surface area contributed by atoms with Gasteiger partial charge in [0.25, 0.3) is 0 Å². The molecule has 0 amide bonds. The maximum atomic E-state index is 5.31. The van der Waals surface area contributed by atoms with Crippen molar-refractivity contribution in [3.05, 3.63) is 168 Å². The minimum atomic E-state index is 0.861. The van der Waals surface area contributed by atoms with Crippen molar-refractivity contribution in [3.8, 4) is 44.5 Å². The van der Waals surface area contributed by atoms with Gasteiger partial charge in [-0.1, -0.05) is 146 Å². The third-order valence-electron chi connectivity index (χ3n) is 8.86. The Morgan fingerprint density at radius 1 is 0.320 bits per heavy atom. The number of halogens is 1. The van der Waals surface area contributed by atoms with Crippen molar-refractivity contribution in [3.63, 3.8) is 0 Å². The summed E-state index contributed by atoms with van der Waals surface area (Å²) in [4.78, 5) is 21.2. The molecule has 5 heterocycles. The molecule has 0 unspecified atom stereocenters. The SMILES string of the molecule is C1=Cc2nc1c(-c1ccccc1)c1ccc([n-]1)c(-c1ccccc1)c1nc(c(-c3ccccc3)c3ccc([n-]3)c2-c2ccccc2)C=C1.[Co+2][Br]. The van der Waals surface area contributed by atoms with Gasteiger partial charge in [-0.2, -0.15) is 0 Å². The van der Waals surface area contributed by atoms with Crippen LogP contribution in [0.4, 0.5) is 0 Å². The van der Waals surface area contributed by atoms with Crippen LogP contribution in [0.1, 0.15) is 22.8 Å². The fourth-order valence-corrected chi connectivity index (χ4v) is 6.69. The Labute approximate surface area is 305 Å². The van der Waals surface area contributed by atoms with Gasteiger partial charge < -0.3 is 9.97 Å². The van der Waals surface area contributed by atoms with Crippen LogP contribution in [0.2, 0.25) is 0 Å². The van der Waals surface area contributed by atoms with Crippen molar-refractivity contribution in [1.29, 1.82) is 0 Å². The molecule has 0 N–H and O–H groups in total. The summed E-state index contributed by atoms with van der Waals surface area (Å²) in [6.07, 6.45) is 8.41. The number of fused-ring (bicyclic) bond motifs is 8. The first-order chi connectivity index (χ1) is 24.8. The first-order valence-electron chi connectivity index (χ1n) is 16.2. The van der Waals surface area contributed by atoms with Crippen molar-refractivity contribution in [2.24, 2.45) is 0 Å². The molecule has 4 aromatic carbocycles. The summed E-state index contributed by atoms with van der Waals surface area (Å²) in [5, 5.41) is 0. The first-order valence-corrected chi connectivity index (χ1v) is 18.8. The van der Waals surface area contributed by atoms with Gasteiger partial charge in [-0.05, 0) is 68.8 Å². The van der Waals surface area contributed by atoms with Crippen LogP contribution < -0.4 is 9.97 Å². The van der Waals surface area contributed by atoms with Gasteiger partial charge in [0.2, 0.25) is 0 Å². The molecule has 0 aliphatic carbocycles. The number of aromatic nitrogens is 4. The van der Waals surface area contributed by atoms with Crippen molar-refractivity contribution in [1.82, 2.24) is 19.9 Å². The zero-order valence-corrected chi connectivity index (χ0v) is 29.3. The number of benzene rings is 4. The molecule has 2 aliphatic heterocycles. The van der Waals surface area contributed by atoms with Crippen LogP contribution in [-0.2, 0) is 13.9 Å². The second-order valence-corrected chi connectivity index (χ2v) is 11.8. The number of hydrogen-bond donors (Lipinski definition) is 0. The predicted octanol–water partition coefficient (Wildman–Crippen LogP) is 11.4. The summed E-state index contributed by atoms with van der Waals surface area (Å²) in [6, 6.07) is 50.0. The summed E-state index contributed by atoms with van der Waals surface area (Å²) in [7, 11) is 0. The van der Waals surface area contributed by atoms with Gasteiger partial charge >= 0.3 is 28.1 Å². The molecule has 2 aliphatic rings. The summed E-state index contributed by atoms with van der Waals surface area (Å²) < 4.78 is 0. The molecule has 3 aromatic heterocycles. The van der Waals surface area contributed by atoms with E-state index in [0.29, 0.717) is 0 Å². The molecule has 8 bridgehead atoms. The molecule has 7 aromatic rings. The molecule has 0 spiro atoms. The van der Waals surface area contributed by atoms with E-state index in [1.165, 1.54) is 0 Å². The standard InChI is InChI=1S/C44H28N4.BrH.Co/c1-5-13-29(14-6-1)41-33-21-23-35(45-33)42(30-15-7-2-8-16-30)37-25-27-39(47-37)44(32-19-11-4-12-20-32)40-28-26-38(48-40)43(31-17-9-3-10-18-31)36-24-22-34(41)46-36;;/h1-28H;1H;/q-2;;+3/p-1. The molecular weight excluding hydrogens is 723 g/mol. The third kappa shape index (κ3) is 5.98. The monoisotopic (exact) mass is 750 g/mol. The number of rotatable bonds is 4. The van der Waals surface area contributed by atoms with Crippen LogP contribution in [-0.4, -0.2) is 9.97 Å². The quantitative estimate of drug-likeness (QED) is 0.180. The zero-order chi connectivity index (χ0) is 33.9. The summed E-state index contributed by atoms with van der Waals surface area (Å²) >= 11 is 6.00. The van der Waals surface area contributed by atoms with E-state index in [1.807, 2.05) is 24.3 Å². The predicted molar refractivity (Wildman–Crippen MR) is 207 cm³/mol. The van der Waals surface area contributed by atoms with Gasteiger partial charge in [0.1, 0.15) is 0 Å². The van der Waals surface area contributed by atoms with Crippen LogP contribution in [0, 0.1) is 0 Å². The van der Waals surface area contributed by atoms with E-state index < -0.39 is 0 Å². The van der Waals surface area contributed by atoms with Gasteiger partial charge in [0.05, 0.1) is 22.8 Å².